The topological polar surface area (TPSA) is 92.0 Å². The third-order valence-electron chi connectivity index (χ3n) is 10.5. The summed E-state index contributed by atoms with van der Waals surface area (Å²) in [6, 6.07) is 14.0. The SMILES string of the molecule is O=C(NCCN1CCCC1)c1cn2c3c(c(NCCC4CCCN4C4CC4)c(F)cc3c1=O)Oc1cc3c(cc1-2)oc1ccccc13. The number of carbonyl (C=O) groups excluding carboxylic acids is 1. The van der Waals surface area contributed by atoms with Crippen molar-refractivity contribution in [3.05, 3.63) is 70.3 Å². The summed E-state index contributed by atoms with van der Waals surface area (Å²) in [5.41, 5.74) is 2.10. The molecule has 3 aromatic carbocycles. The smallest absolute Gasteiger partial charge is 0.256 e. The molecule has 4 aliphatic rings. The van der Waals surface area contributed by atoms with Gasteiger partial charge >= 0.3 is 0 Å². The molecule has 2 saturated heterocycles. The van der Waals surface area contributed by atoms with Crippen LogP contribution in [0.25, 0.3) is 38.5 Å². The zero-order valence-electron chi connectivity index (χ0n) is 26.3. The summed E-state index contributed by atoms with van der Waals surface area (Å²) in [5, 5.41) is 8.19. The number of likely N-dealkylation sites (tertiary alicyclic amines) is 2. The van der Waals surface area contributed by atoms with Crippen LogP contribution in [0.3, 0.4) is 0 Å². The monoisotopic (exact) mass is 635 g/mol. The molecular weight excluding hydrogens is 597 g/mol. The van der Waals surface area contributed by atoms with Gasteiger partial charge in [0, 0.05) is 54.8 Å². The van der Waals surface area contributed by atoms with Crippen molar-refractivity contribution in [2.45, 2.75) is 57.0 Å². The Kier molecular flexibility index (Phi) is 6.97. The number of nitrogens with zero attached hydrogens (tertiary/aromatic N) is 3. The Hall–Kier alpha value is -4.41. The van der Waals surface area contributed by atoms with Crippen molar-refractivity contribution in [2.24, 2.45) is 0 Å². The maximum Gasteiger partial charge on any atom is 0.256 e. The van der Waals surface area contributed by atoms with Gasteiger partial charge in [-0.05, 0) is 82.8 Å². The maximum atomic E-state index is 16.1. The van der Waals surface area contributed by atoms with Crippen molar-refractivity contribution in [3.63, 3.8) is 0 Å². The van der Waals surface area contributed by atoms with Crippen LogP contribution < -0.4 is 20.8 Å². The number of halogens is 1. The van der Waals surface area contributed by atoms with Gasteiger partial charge in [-0.25, -0.2) is 4.39 Å². The predicted molar refractivity (Wildman–Crippen MR) is 181 cm³/mol. The number of anilines is 1. The van der Waals surface area contributed by atoms with Crippen molar-refractivity contribution >= 4 is 44.4 Å². The van der Waals surface area contributed by atoms with E-state index in [0.29, 0.717) is 47.7 Å². The van der Waals surface area contributed by atoms with Gasteiger partial charge in [0.1, 0.15) is 27.9 Å². The lowest BCUT2D eigenvalue weighted by Crippen LogP contribution is -2.36. The van der Waals surface area contributed by atoms with E-state index in [1.807, 2.05) is 36.4 Å². The number of carbonyl (C=O) groups is 1. The van der Waals surface area contributed by atoms with Crippen LogP contribution in [0.1, 0.15) is 55.3 Å². The molecule has 0 radical (unpaired) electrons. The molecule has 3 aliphatic heterocycles. The number of aromatic nitrogens is 1. The number of hydrogen-bond acceptors (Lipinski definition) is 7. The predicted octanol–water partition coefficient (Wildman–Crippen LogP) is 6.39. The highest BCUT2D eigenvalue weighted by molar-refractivity contribution is 6.07. The highest BCUT2D eigenvalue weighted by Gasteiger charge is 2.36. The quantitative estimate of drug-likeness (QED) is 0.190. The third-order valence-corrected chi connectivity index (χ3v) is 10.5. The molecule has 5 heterocycles. The molecule has 1 aliphatic carbocycles. The second-order valence-corrected chi connectivity index (χ2v) is 13.5. The van der Waals surface area contributed by atoms with Gasteiger partial charge < -0.3 is 29.3 Å². The van der Waals surface area contributed by atoms with E-state index < -0.39 is 17.2 Å². The molecule has 5 aromatic rings. The average Bonchev–Trinajstić information content (AvgIpc) is 3.41. The van der Waals surface area contributed by atoms with Crippen molar-refractivity contribution in [1.82, 2.24) is 19.7 Å². The molecule has 1 atom stereocenters. The number of ether oxygens (including phenoxy) is 1. The van der Waals surface area contributed by atoms with E-state index in [2.05, 4.69) is 20.4 Å². The van der Waals surface area contributed by atoms with Crippen LogP contribution in [-0.2, 0) is 0 Å². The summed E-state index contributed by atoms with van der Waals surface area (Å²) < 4.78 is 30.6. The molecular formula is C37H38FN5O4. The van der Waals surface area contributed by atoms with Crippen molar-refractivity contribution < 1.29 is 18.3 Å². The summed E-state index contributed by atoms with van der Waals surface area (Å²) in [4.78, 5) is 32.3. The summed E-state index contributed by atoms with van der Waals surface area (Å²) in [5.74, 6) is -0.306. The molecule has 1 amide bonds. The number of para-hydroxylation sites is 1. The summed E-state index contributed by atoms with van der Waals surface area (Å²) in [6.45, 7) is 4.90. The van der Waals surface area contributed by atoms with E-state index >= 15 is 4.39 Å². The number of furan rings is 1. The largest absolute Gasteiger partial charge is 0.456 e. The van der Waals surface area contributed by atoms with E-state index in [4.69, 9.17) is 9.15 Å². The van der Waals surface area contributed by atoms with Gasteiger partial charge in [0.15, 0.2) is 17.3 Å². The first-order valence-corrected chi connectivity index (χ1v) is 17.1. The normalized spacial score (nSPS) is 19.5. The fourth-order valence-corrected chi connectivity index (χ4v) is 8.01. The van der Waals surface area contributed by atoms with Gasteiger partial charge in [-0.3, -0.25) is 14.5 Å². The number of rotatable bonds is 9. The van der Waals surface area contributed by atoms with Gasteiger partial charge in [0.25, 0.3) is 5.91 Å². The number of nitrogens with one attached hydrogen (secondary N) is 2. The Labute approximate surface area is 271 Å². The number of fused-ring (bicyclic) bond motifs is 5. The summed E-state index contributed by atoms with van der Waals surface area (Å²) >= 11 is 0. The highest BCUT2D eigenvalue weighted by Crippen LogP contribution is 2.47. The Bertz CT molecular complexity index is 2110. The van der Waals surface area contributed by atoms with E-state index in [1.54, 1.807) is 10.8 Å². The van der Waals surface area contributed by atoms with Gasteiger partial charge in [0.2, 0.25) is 5.43 Å². The maximum absolute atomic E-state index is 16.1. The minimum atomic E-state index is -0.577. The van der Waals surface area contributed by atoms with E-state index in [9.17, 15) is 9.59 Å². The molecule has 2 aromatic heterocycles. The Morgan fingerprint density at radius 1 is 0.936 bits per heavy atom. The Morgan fingerprint density at radius 2 is 1.79 bits per heavy atom. The van der Waals surface area contributed by atoms with E-state index in [0.717, 1.165) is 68.2 Å². The van der Waals surface area contributed by atoms with Crippen molar-refractivity contribution in [3.8, 4) is 17.2 Å². The molecule has 10 heteroatoms. The molecule has 0 bridgehead atoms. The van der Waals surface area contributed by atoms with Gasteiger partial charge in [-0.15, -0.1) is 0 Å². The highest BCUT2D eigenvalue weighted by atomic mass is 19.1. The lowest BCUT2D eigenvalue weighted by atomic mass is 10.0. The number of hydrogen-bond donors (Lipinski definition) is 2. The average molecular weight is 636 g/mol. The molecule has 2 N–H and O–H groups in total. The standard InChI is InChI=1S/C37H38FN5O4/c38-28-18-26-34-36(33(28)39-12-11-22-6-5-16-42(22)23-9-10-23)47-32-19-25-24-7-1-2-8-30(24)46-31(25)20-29(32)43(34)21-27(35(26)44)37(45)40-13-17-41-14-3-4-15-41/h1-2,7-8,18-23,39H,3-6,9-17H2,(H,40,45). The first-order valence-electron chi connectivity index (χ1n) is 17.1. The zero-order chi connectivity index (χ0) is 31.6. The lowest BCUT2D eigenvalue weighted by molar-refractivity contribution is 0.0948. The first kappa shape index (κ1) is 28.8. The molecule has 3 fully saturated rings. The van der Waals surface area contributed by atoms with Crippen LogP contribution in [0.5, 0.6) is 11.5 Å². The minimum absolute atomic E-state index is 0.0380. The lowest BCUT2D eigenvalue weighted by Gasteiger charge is -2.27. The second kappa shape index (κ2) is 11.4. The number of benzene rings is 3. The molecule has 0 spiro atoms. The van der Waals surface area contributed by atoms with Crippen molar-refractivity contribution in [2.75, 3.05) is 44.6 Å². The van der Waals surface area contributed by atoms with Gasteiger partial charge in [-0.2, -0.15) is 0 Å². The van der Waals surface area contributed by atoms with Crippen LogP contribution in [0.2, 0.25) is 0 Å². The zero-order valence-corrected chi connectivity index (χ0v) is 26.3. The van der Waals surface area contributed by atoms with Crippen LogP contribution in [-0.4, -0.2) is 71.6 Å². The second-order valence-electron chi connectivity index (χ2n) is 13.5. The molecule has 47 heavy (non-hydrogen) atoms. The molecule has 9 rings (SSSR count). The van der Waals surface area contributed by atoms with E-state index in [1.165, 1.54) is 25.3 Å². The molecule has 242 valence electrons. The third kappa shape index (κ3) is 4.96. The Morgan fingerprint density at radius 3 is 2.64 bits per heavy atom. The summed E-state index contributed by atoms with van der Waals surface area (Å²) in [6.07, 6.45) is 9.70. The molecule has 9 nitrogen and oxygen atoms in total. The fourth-order valence-electron chi connectivity index (χ4n) is 8.01. The molecule has 1 saturated carbocycles. The number of pyridine rings is 1. The van der Waals surface area contributed by atoms with Crippen LogP contribution >= 0.6 is 0 Å². The first-order chi connectivity index (χ1) is 23.0. The molecule has 1 unspecified atom stereocenters. The van der Waals surface area contributed by atoms with Crippen LogP contribution in [0, 0.1) is 5.82 Å². The van der Waals surface area contributed by atoms with Crippen LogP contribution in [0.15, 0.2) is 57.9 Å². The minimum Gasteiger partial charge on any atom is -0.456 e. The van der Waals surface area contributed by atoms with E-state index in [-0.39, 0.29) is 22.4 Å². The van der Waals surface area contributed by atoms with Gasteiger partial charge in [0.05, 0.1) is 11.1 Å². The Balaban J connectivity index is 1.12. The van der Waals surface area contributed by atoms with Crippen LogP contribution in [0.4, 0.5) is 10.1 Å². The van der Waals surface area contributed by atoms with Crippen molar-refractivity contribution in [1.29, 1.82) is 0 Å². The summed E-state index contributed by atoms with van der Waals surface area (Å²) in [7, 11) is 0. The fraction of sp³-hybridized carbons (Fsp3) is 0.405. The number of amides is 1. The van der Waals surface area contributed by atoms with Gasteiger partial charge in [-0.1, -0.05) is 18.2 Å².